The molecular weight excluding hydrogens is 505 g/mol. The van der Waals surface area contributed by atoms with E-state index in [0.29, 0.717) is 44.6 Å². The van der Waals surface area contributed by atoms with Gasteiger partial charge >= 0.3 is 0 Å². The van der Waals surface area contributed by atoms with Gasteiger partial charge in [-0.3, -0.25) is 4.79 Å². The molecule has 3 aliphatic carbocycles. The first-order chi connectivity index (χ1) is 17.6. The van der Waals surface area contributed by atoms with Gasteiger partial charge in [-0.15, -0.1) is 0 Å². The number of carbonyl (C=O) groups is 1. The van der Waals surface area contributed by atoms with Gasteiger partial charge in [0.1, 0.15) is 23.1 Å². The minimum Gasteiger partial charge on any atom is -0.365 e. The summed E-state index contributed by atoms with van der Waals surface area (Å²) in [6.45, 7) is 0.553. The molecule has 1 amide bonds. The van der Waals surface area contributed by atoms with Crippen LogP contribution < -0.4 is 4.72 Å². The maximum Gasteiger partial charge on any atom is 0.255 e. The number of benzene rings is 2. The fraction of sp³-hybridized carbons (Fsp3) is 0.519. The number of nitrogens with one attached hydrogen (secondary N) is 1. The summed E-state index contributed by atoms with van der Waals surface area (Å²) in [5.41, 5.74) is -0.464. The average molecular weight is 533 g/mol. The van der Waals surface area contributed by atoms with Gasteiger partial charge in [-0.05, 0) is 73.6 Å². The third-order valence-corrected chi connectivity index (χ3v) is 10.7. The molecule has 0 spiro atoms. The van der Waals surface area contributed by atoms with Crippen LogP contribution in [-0.2, 0) is 26.0 Å². The highest BCUT2D eigenvalue weighted by Gasteiger charge is 2.67. The van der Waals surface area contributed by atoms with Crippen molar-refractivity contribution in [2.24, 2.45) is 11.8 Å². The van der Waals surface area contributed by atoms with Gasteiger partial charge < -0.3 is 9.64 Å². The molecule has 4 atom stereocenters. The Kier molecular flexibility index (Phi) is 5.14. The van der Waals surface area contributed by atoms with Gasteiger partial charge in [0.05, 0.1) is 17.9 Å². The van der Waals surface area contributed by atoms with E-state index in [-0.39, 0.29) is 41.0 Å². The van der Waals surface area contributed by atoms with Crippen molar-refractivity contribution in [2.45, 2.75) is 67.5 Å². The minimum absolute atomic E-state index is 0.0280. The number of fused-ring (bicyclic) bond motifs is 2. The molecule has 6 nitrogen and oxygen atoms in total. The van der Waals surface area contributed by atoms with E-state index in [4.69, 9.17) is 4.74 Å². The second-order valence-corrected chi connectivity index (χ2v) is 13.3. The predicted octanol–water partition coefficient (Wildman–Crippen LogP) is 3.54. The molecule has 3 saturated carbocycles. The zero-order valence-electron chi connectivity index (χ0n) is 20.0. The molecule has 6 aliphatic rings. The summed E-state index contributed by atoms with van der Waals surface area (Å²) >= 11 is 0. The van der Waals surface area contributed by atoms with Gasteiger partial charge in [0, 0.05) is 23.7 Å². The third kappa shape index (κ3) is 3.82. The summed E-state index contributed by atoms with van der Waals surface area (Å²) < 4.78 is 78.0. The second-order valence-electron chi connectivity index (χ2n) is 11.4. The molecule has 10 heteroatoms. The van der Waals surface area contributed by atoms with Crippen molar-refractivity contribution in [2.75, 3.05) is 6.61 Å². The molecule has 2 bridgehead atoms. The Morgan fingerprint density at radius 2 is 1.84 bits per heavy atom. The summed E-state index contributed by atoms with van der Waals surface area (Å²) in [7, 11) is -3.54. The van der Waals surface area contributed by atoms with Crippen LogP contribution in [0.4, 0.5) is 13.2 Å². The van der Waals surface area contributed by atoms with E-state index in [1.807, 2.05) is 0 Å². The van der Waals surface area contributed by atoms with Crippen molar-refractivity contribution in [1.82, 2.24) is 9.62 Å². The van der Waals surface area contributed by atoms with Crippen LogP contribution in [0.25, 0.3) is 11.1 Å². The fourth-order valence-electron chi connectivity index (χ4n) is 6.72. The molecule has 6 fully saturated rings. The summed E-state index contributed by atoms with van der Waals surface area (Å²) in [6, 6.07) is 6.30. The number of ether oxygens (including phenoxy) is 1. The van der Waals surface area contributed by atoms with Crippen LogP contribution in [0.5, 0.6) is 0 Å². The van der Waals surface area contributed by atoms with Crippen LogP contribution in [-0.4, -0.2) is 54.8 Å². The first kappa shape index (κ1) is 23.7. The van der Waals surface area contributed by atoms with Crippen LogP contribution in [0.1, 0.15) is 37.7 Å². The molecule has 196 valence electrons. The highest BCUT2D eigenvalue weighted by molar-refractivity contribution is 7.90. The molecule has 0 aromatic heterocycles. The topological polar surface area (TPSA) is 75.7 Å². The lowest BCUT2D eigenvalue weighted by Gasteiger charge is -2.41. The Labute approximate surface area is 213 Å². The second kappa shape index (κ2) is 8.04. The molecule has 0 unspecified atom stereocenters. The van der Waals surface area contributed by atoms with Gasteiger partial charge in [0.2, 0.25) is 10.0 Å². The van der Waals surface area contributed by atoms with E-state index in [1.54, 1.807) is 17.0 Å². The Morgan fingerprint density at radius 1 is 1.11 bits per heavy atom. The molecule has 3 heterocycles. The quantitative estimate of drug-likeness (QED) is 0.592. The number of hydrogen-bond donors (Lipinski definition) is 1. The smallest absolute Gasteiger partial charge is 0.255 e. The van der Waals surface area contributed by atoms with E-state index in [9.17, 15) is 22.0 Å². The van der Waals surface area contributed by atoms with Crippen molar-refractivity contribution < 1.29 is 31.1 Å². The van der Waals surface area contributed by atoms with E-state index in [0.717, 1.165) is 18.2 Å². The van der Waals surface area contributed by atoms with Crippen LogP contribution in [0.3, 0.4) is 0 Å². The van der Waals surface area contributed by atoms with Gasteiger partial charge in [-0.2, -0.15) is 0 Å². The Hall–Kier alpha value is -2.43. The molecule has 37 heavy (non-hydrogen) atoms. The molecule has 8 rings (SSSR count). The number of carbonyl (C=O) groups excluding carboxylic acids is 1. The Balaban J connectivity index is 1.24. The minimum atomic E-state index is -3.54. The summed E-state index contributed by atoms with van der Waals surface area (Å²) in [4.78, 5) is 15.6. The normalized spacial score (nSPS) is 33.8. The maximum atomic E-state index is 15.8. The molecule has 3 saturated heterocycles. The largest absolute Gasteiger partial charge is 0.365 e. The summed E-state index contributed by atoms with van der Waals surface area (Å²) in [6.07, 6.45) is 3.34. The number of likely N-dealkylation sites (tertiary alicyclic amines) is 1. The van der Waals surface area contributed by atoms with E-state index in [1.165, 1.54) is 6.07 Å². The molecule has 2 aromatic rings. The highest BCUT2D eigenvalue weighted by Crippen LogP contribution is 2.55. The average Bonchev–Trinajstić information content (AvgIpc) is 3.72. The zero-order valence-corrected chi connectivity index (χ0v) is 20.8. The number of halogens is 3. The number of nitrogens with zero attached hydrogens (tertiary/aromatic N) is 1. The van der Waals surface area contributed by atoms with Crippen molar-refractivity contribution in [3.05, 3.63) is 59.4 Å². The van der Waals surface area contributed by atoms with E-state index < -0.39 is 50.4 Å². The molecular formula is C27H27F3N2O4S. The first-order valence-electron chi connectivity index (χ1n) is 12.9. The lowest BCUT2D eigenvalue weighted by Crippen LogP contribution is -2.58. The molecule has 0 radical (unpaired) electrons. The Bertz CT molecular complexity index is 1380. The van der Waals surface area contributed by atoms with Crippen molar-refractivity contribution in [3.8, 4) is 11.1 Å². The van der Waals surface area contributed by atoms with Gasteiger partial charge in [0.15, 0.2) is 0 Å². The van der Waals surface area contributed by atoms with Crippen molar-refractivity contribution >= 4 is 15.9 Å². The number of amides is 1. The number of hydrogen-bond acceptors (Lipinski definition) is 4. The predicted molar refractivity (Wildman–Crippen MR) is 128 cm³/mol. The highest BCUT2D eigenvalue weighted by atomic mass is 32.2. The lowest BCUT2D eigenvalue weighted by molar-refractivity contribution is -0.157. The van der Waals surface area contributed by atoms with Crippen molar-refractivity contribution in [3.63, 3.8) is 0 Å². The van der Waals surface area contributed by atoms with Crippen LogP contribution in [0, 0.1) is 29.3 Å². The Morgan fingerprint density at radius 3 is 2.49 bits per heavy atom. The number of piperidine rings is 1. The number of sulfonamides is 1. The van der Waals surface area contributed by atoms with Crippen molar-refractivity contribution in [1.29, 1.82) is 0 Å². The summed E-state index contributed by atoms with van der Waals surface area (Å²) in [5.74, 6) is -2.03. The molecule has 3 aliphatic heterocycles. The van der Waals surface area contributed by atoms with E-state index in [2.05, 4.69) is 4.72 Å². The molecule has 1 N–H and O–H groups in total. The van der Waals surface area contributed by atoms with Crippen LogP contribution >= 0.6 is 0 Å². The van der Waals surface area contributed by atoms with Gasteiger partial charge in [0.25, 0.3) is 5.91 Å². The standard InChI is InChI=1S/C27H27F3N2O4S/c28-17-6-16(7-18(29)9-17)20-3-1-2-15(24(20)30)8-23-25(31-37(34,35)19-4-5-19)21-10-22(21)32(23)26(33)27-11-14(12-27)13-36-27/h1-3,6-7,9,14,19,21-23,25,31H,4-5,8,10-13H2/t14?,21-,22+,23+,25+,27?/m0/s1. The summed E-state index contributed by atoms with van der Waals surface area (Å²) in [5, 5.41) is -0.415. The first-order valence-corrected chi connectivity index (χ1v) is 14.4. The SMILES string of the molecule is O=C(N1[C@@H]2C[C@@H]2[C@@H](NS(=O)(=O)C2CC2)[C@H]1Cc1cccc(-c2cc(F)cc(F)c2)c1F)C12CC(CO1)C2. The monoisotopic (exact) mass is 532 g/mol. The molecule has 2 aromatic carbocycles. The maximum absolute atomic E-state index is 15.8. The van der Waals surface area contributed by atoms with E-state index >= 15 is 4.39 Å². The van der Waals surface area contributed by atoms with Gasteiger partial charge in [-0.1, -0.05) is 18.2 Å². The third-order valence-electron chi connectivity index (χ3n) is 8.80. The van der Waals surface area contributed by atoms with Crippen LogP contribution in [0.2, 0.25) is 0 Å². The van der Waals surface area contributed by atoms with Crippen LogP contribution in [0.15, 0.2) is 36.4 Å². The zero-order chi connectivity index (χ0) is 25.7. The fourth-order valence-corrected chi connectivity index (χ4v) is 8.38. The lowest BCUT2D eigenvalue weighted by atomic mass is 9.73. The van der Waals surface area contributed by atoms with Gasteiger partial charge in [-0.25, -0.2) is 26.3 Å². The number of rotatable bonds is 7.